The van der Waals surface area contributed by atoms with Crippen LogP contribution in [0.5, 0.6) is 0 Å². The zero-order chi connectivity index (χ0) is 16.3. The first-order chi connectivity index (χ1) is 10.3. The van der Waals surface area contributed by atoms with Gasteiger partial charge >= 0.3 is 6.03 Å². The highest BCUT2D eigenvalue weighted by Gasteiger charge is 2.25. The molecule has 1 aromatic carbocycles. The van der Waals surface area contributed by atoms with Crippen LogP contribution in [0, 0.1) is 0 Å². The van der Waals surface area contributed by atoms with Crippen molar-refractivity contribution in [3.63, 3.8) is 0 Å². The van der Waals surface area contributed by atoms with Crippen molar-refractivity contribution in [3.05, 3.63) is 35.4 Å². The van der Waals surface area contributed by atoms with Crippen molar-refractivity contribution in [2.24, 2.45) is 0 Å². The number of urea groups is 1. The molecule has 0 unspecified atom stereocenters. The van der Waals surface area contributed by atoms with E-state index in [1.165, 1.54) is 16.0 Å². The van der Waals surface area contributed by atoms with Gasteiger partial charge in [-0.25, -0.2) is 4.79 Å². The van der Waals surface area contributed by atoms with Gasteiger partial charge in [0.25, 0.3) is 0 Å². The predicted molar refractivity (Wildman–Crippen MR) is 86.6 cm³/mol. The molecular weight excluding hydrogens is 278 g/mol. The van der Waals surface area contributed by atoms with Gasteiger partial charge < -0.3 is 15.5 Å². The van der Waals surface area contributed by atoms with E-state index in [0.29, 0.717) is 0 Å². The normalized spacial score (nSPS) is 16.8. The minimum atomic E-state index is -0.293. The van der Waals surface area contributed by atoms with Gasteiger partial charge in [-0.2, -0.15) is 0 Å². The number of carbonyl (C=O) groups is 2. The lowest BCUT2D eigenvalue weighted by atomic mass is 10.1. The van der Waals surface area contributed by atoms with Gasteiger partial charge in [0.1, 0.15) is 6.54 Å². The van der Waals surface area contributed by atoms with Gasteiger partial charge in [-0.05, 0) is 44.7 Å². The molecular formula is C17H25N3O2. The Morgan fingerprint density at radius 2 is 1.95 bits per heavy atom. The van der Waals surface area contributed by atoms with Gasteiger partial charge in [0.15, 0.2) is 0 Å². The standard InChI is InChI=1S/C17H25N3O2/c1-17(2,3)19-15(21)11-20(4)16(22)18-14-10-9-12-7-5-6-8-13(12)14/h5-8,14H,9-11H2,1-4H3,(H,18,22)(H,19,21)/t14-/m0/s1. The molecule has 0 fully saturated rings. The second-order valence-corrected chi connectivity index (χ2v) is 6.89. The first kappa shape index (κ1) is 16.3. The Kier molecular flexibility index (Phi) is 4.74. The van der Waals surface area contributed by atoms with Crippen molar-refractivity contribution in [3.8, 4) is 0 Å². The van der Waals surface area contributed by atoms with E-state index in [2.05, 4.69) is 22.8 Å². The fraction of sp³-hybridized carbons (Fsp3) is 0.529. The maximum atomic E-state index is 12.2. The molecule has 1 aliphatic rings. The quantitative estimate of drug-likeness (QED) is 0.899. The van der Waals surface area contributed by atoms with Crippen molar-refractivity contribution >= 4 is 11.9 Å². The summed E-state index contributed by atoms with van der Waals surface area (Å²) < 4.78 is 0. The molecule has 1 atom stereocenters. The average molecular weight is 303 g/mol. The number of nitrogens with zero attached hydrogens (tertiary/aromatic N) is 1. The van der Waals surface area contributed by atoms with Crippen LogP contribution in [0.3, 0.4) is 0 Å². The highest BCUT2D eigenvalue weighted by molar-refractivity contribution is 5.84. The topological polar surface area (TPSA) is 61.4 Å². The highest BCUT2D eigenvalue weighted by Crippen LogP contribution is 2.30. The molecule has 1 aliphatic carbocycles. The fourth-order valence-electron chi connectivity index (χ4n) is 2.71. The monoisotopic (exact) mass is 303 g/mol. The third-order valence-electron chi connectivity index (χ3n) is 3.67. The molecule has 5 nitrogen and oxygen atoms in total. The lowest BCUT2D eigenvalue weighted by molar-refractivity contribution is -0.122. The van der Waals surface area contributed by atoms with Crippen molar-refractivity contribution in [2.75, 3.05) is 13.6 Å². The molecule has 2 rings (SSSR count). The summed E-state index contributed by atoms with van der Waals surface area (Å²) in [5.74, 6) is -0.156. The predicted octanol–water partition coefficient (Wildman–Crippen LogP) is 2.23. The maximum absolute atomic E-state index is 12.2. The first-order valence-electron chi connectivity index (χ1n) is 7.67. The van der Waals surface area contributed by atoms with Gasteiger partial charge in [-0.15, -0.1) is 0 Å². The molecule has 0 saturated carbocycles. The summed E-state index contributed by atoms with van der Waals surface area (Å²) in [6, 6.07) is 7.99. The number of amides is 3. The molecule has 120 valence electrons. The van der Waals surface area contributed by atoms with Crippen molar-refractivity contribution in [1.29, 1.82) is 0 Å². The molecule has 0 spiro atoms. The minimum Gasteiger partial charge on any atom is -0.350 e. The molecule has 0 saturated heterocycles. The largest absolute Gasteiger partial charge is 0.350 e. The van der Waals surface area contributed by atoms with Gasteiger partial charge in [-0.1, -0.05) is 24.3 Å². The Labute approximate surface area is 132 Å². The summed E-state index contributed by atoms with van der Waals surface area (Å²) in [4.78, 5) is 25.5. The molecule has 3 amide bonds. The van der Waals surface area contributed by atoms with Gasteiger partial charge in [0.2, 0.25) is 5.91 Å². The van der Waals surface area contributed by atoms with E-state index >= 15 is 0 Å². The van der Waals surface area contributed by atoms with Crippen LogP contribution in [-0.2, 0) is 11.2 Å². The maximum Gasteiger partial charge on any atom is 0.318 e. The Bertz CT molecular complexity index is 563. The molecule has 0 heterocycles. The zero-order valence-electron chi connectivity index (χ0n) is 13.8. The van der Waals surface area contributed by atoms with Crippen LogP contribution < -0.4 is 10.6 Å². The van der Waals surface area contributed by atoms with Crippen LogP contribution in [0.4, 0.5) is 4.79 Å². The SMILES string of the molecule is CN(CC(=O)NC(C)(C)C)C(=O)N[C@H]1CCc2ccccc21. The number of benzene rings is 1. The minimum absolute atomic E-state index is 0.0387. The van der Waals surface area contributed by atoms with Crippen LogP contribution in [0.15, 0.2) is 24.3 Å². The lowest BCUT2D eigenvalue weighted by Crippen LogP contribution is -2.48. The van der Waals surface area contributed by atoms with E-state index in [0.717, 1.165) is 12.8 Å². The fourth-order valence-corrected chi connectivity index (χ4v) is 2.71. The van der Waals surface area contributed by atoms with Crippen molar-refractivity contribution in [2.45, 2.75) is 45.2 Å². The Morgan fingerprint density at radius 1 is 1.27 bits per heavy atom. The number of rotatable bonds is 3. The number of fused-ring (bicyclic) bond motifs is 1. The summed E-state index contributed by atoms with van der Waals surface area (Å²) in [5.41, 5.74) is 2.18. The van der Waals surface area contributed by atoms with Crippen LogP contribution >= 0.6 is 0 Å². The highest BCUT2D eigenvalue weighted by atomic mass is 16.2. The number of hydrogen-bond donors (Lipinski definition) is 2. The van der Waals surface area contributed by atoms with Gasteiger partial charge in [0.05, 0.1) is 6.04 Å². The van der Waals surface area contributed by atoms with Crippen molar-refractivity contribution < 1.29 is 9.59 Å². The van der Waals surface area contributed by atoms with E-state index in [4.69, 9.17) is 0 Å². The number of hydrogen-bond acceptors (Lipinski definition) is 2. The van der Waals surface area contributed by atoms with E-state index < -0.39 is 0 Å². The zero-order valence-corrected chi connectivity index (χ0v) is 13.8. The second-order valence-electron chi connectivity index (χ2n) is 6.89. The second kappa shape index (κ2) is 6.38. The first-order valence-corrected chi connectivity index (χ1v) is 7.67. The van der Waals surface area contributed by atoms with Gasteiger partial charge in [-0.3, -0.25) is 4.79 Å². The summed E-state index contributed by atoms with van der Waals surface area (Å²) in [6.45, 7) is 5.80. The lowest BCUT2D eigenvalue weighted by Gasteiger charge is -2.24. The molecule has 0 bridgehead atoms. The molecule has 0 aromatic heterocycles. The van der Waals surface area contributed by atoms with E-state index in [9.17, 15) is 9.59 Å². The van der Waals surface area contributed by atoms with Crippen LogP contribution in [0.1, 0.15) is 44.4 Å². The Balaban J connectivity index is 1.89. The molecule has 0 radical (unpaired) electrons. The number of carbonyl (C=O) groups excluding carboxylic acids is 2. The van der Waals surface area contributed by atoms with E-state index in [-0.39, 0.29) is 30.1 Å². The molecule has 22 heavy (non-hydrogen) atoms. The number of nitrogens with one attached hydrogen (secondary N) is 2. The summed E-state index contributed by atoms with van der Waals surface area (Å²) in [6.07, 6.45) is 1.89. The van der Waals surface area contributed by atoms with E-state index in [1.54, 1.807) is 7.05 Å². The molecule has 2 N–H and O–H groups in total. The van der Waals surface area contributed by atoms with E-state index in [1.807, 2.05) is 32.9 Å². The Morgan fingerprint density at radius 3 is 2.64 bits per heavy atom. The molecule has 0 aliphatic heterocycles. The Hall–Kier alpha value is -2.04. The number of likely N-dealkylation sites (N-methyl/N-ethyl adjacent to an activating group) is 1. The van der Waals surface area contributed by atoms with Crippen molar-refractivity contribution in [1.82, 2.24) is 15.5 Å². The summed E-state index contributed by atoms with van der Waals surface area (Å²) in [7, 11) is 1.64. The third-order valence-corrected chi connectivity index (χ3v) is 3.67. The average Bonchev–Trinajstić information content (AvgIpc) is 2.80. The smallest absolute Gasteiger partial charge is 0.318 e. The molecule has 5 heteroatoms. The van der Waals surface area contributed by atoms with Crippen LogP contribution in [-0.4, -0.2) is 36.0 Å². The van der Waals surface area contributed by atoms with Crippen LogP contribution in [0.25, 0.3) is 0 Å². The van der Waals surface area contributed by atoms with Gasteiger partial charge in [0, 0.05) is 12.6 Å². The summed E-state index contributed by atoms with van der Waals surface area (Å²) >= 11 is 0. The van der Waals surface area contributed by atoms with Crippen LogP contribution in [0.2, 0.25) is 0 Å². The number of aryl methyl sites for hydroxylation is 1. The third kappa shape index (κ3) is 4.23. The molecule has 1 aromatic rings. The summed E-state index contributed by atoms with van der Waals surface area (Å²) in [5, 5.41) is 5.86.